The molecular weight excluding hydrogens is 206 g/mol. The number of carbonyl (C=O) groups excluding carboxylic acids is 2. The third-order valence-corrected chi connectivity index (χ3v) is 1.64. The van der Waals surface area contributed by atoms with Gasteiger partial charge in [-0.3, -0.25) is 9.59 Å². The van der Waals surface area contributed by atoms with Crippen LogP contribution in [0.25, 0.3) is 0 Å². The maximum absolute atomic E-state index is 13.0. The third kappa shape index (κ3) is 3.12. The molecule has 1 rings (SSSR count). The van der Waals surface area contributed by atoms with Gasteiger partial charge in [0, 0.05) is 12.5 Å². The highest BCUT2D eigenvalue weighted by molar-refractivity contribution is 5.85. The van der Waals surface area contributed by atoms with Gasteiger partial charge in [-0.25, -0.2) is 8.78 Å². The van der Waals surface area contributed by atoms with Gasteiger partial charge in [-0.05, 0) is 12.1 Å². The van der Waals surface area contributed by atoms with Gasteiger partial charge in [-0.1, -0.05) is 6.07 Å². The highest BCUT2D eigenvalue weighted by Gasteiger charge is 2.14. The monoisotopic (exact) mass is 214 g/mol. The number of carbonyl (C=O) groups is 2. The van der Waals surface area contributed by atoms with Gasteiger partial charge in [0.25, 0.3) is 0 Å². The molecule has 0 aromatic heterocycles. The molecule has 15 heavy (non-hydrogen) atoms. The highest BCUT2D eigenvalue weighted by atomic mass is 19.1. The van der Waals surface area contributed by atoms with E-state index in [2.05, 4.69) is 4.74 Å². The van der Waals surface area contributed by atoms with E-state index < -0.39 is 35.6 Å². The molecule has 0 aliphatic carbocycles. The second kappa shape index (κ2) is 4.63. The Morgan fingerprint density at radius 1 is 1.27 bits per heavy atom. The first-order valence-corrected chi connectivity index (χ1v) is 4.15. The smallest absolute Gasteiger partial charge is 0.318 e. The zero-order chi connectivity index (χ0) is 11.4. The molecule has 0 saturated carbocycles. The molecule has 0 bridgehead atoms. The van der Waals surface area contributed by atoms with Gasteiger partial charge in [-0.2, -0.15) is 0 Å². The van der Waals surface area contributed by atoms with E-state index in [0.29, 0.717) is 0 Å². The Labute approximate surface area is 84.7 Å². The molecule has 0 amide bonds. The van der Waals surface area contributed by atoms with Crippen molar-refractivity contribution in [1.82, 2.24) is 0 Å². The second-order valence-electron chi connectivity index (χ2n) is 2.84. The molecule has 0 heterocycles. The van der Waals surface area contributed by atoms with E-state index in [-0.39, 0.29) is 0 Å². The Bertz CT molecular complexity index is 381. The van der Waals surface area contributed by atoms with Gasteiger partial charge >= 0.3 is 11.9 Å². The molecular formula is C10H8F2O3. The summed E-state index contributed by atoms with van der Waals surface area (Å²) in [7, 11) is 0. The van der Waals surface area contributed by atoms with Crippen LogP contribution in [-0.2, 0) is 20.7 Å². The van der Waals surface area contributed by atoms with Crippen LogP contribution in [0.2, 0.25) is 0 Å². The van der Waals surface area contributed by atoms with Gasteiger partial charge < -0.3 is 4.74 Å². The average Bonchev–Trinajstić information content (AvgIpc) is 2.10. The van der Waals surface area contributed by atoms with E-state index in [4.69, 9.17) is 0 Å². The van der Waals surface area contributed by atoms with Gasteiger partial charge in [0.15, 0.2) is 0 Å². The lowest BCUT2D eigenvalue weighted by Crippen LogP contribution is -2.13. The van der Waals surface area contributed by atoms with Crippen LogP contribution in [0.5, 0.6) is 0 Å². The average molecular weight is 214 g/mol. The normalized spacial score (nSPS) is 9.80. The van der Waals surface area contributed by atoms with Gasteiger partial charge in [-0.15, -0.1) is 0 Å². The van der Waals surface area contributed by atoms with Crippen molar-refractivity contribution in [3.63, 3.8) is 0 Å². The molecule has 0 saturated heterocycles. The van der Waals surface area contributed by atoms with E-state index in [1.165, 1.54) is 6.07 Å². The highest BCUT2D eigenvalue weighted by Crippen LogP contribution is 2.13. The molecule has 1 aromatic rings. The number of esters is 2. The lowest BCUT2D eigenvalue weighted by molar-refractivity contribution is -0.157. The number of ether oxygens (including phenoxy) is 1. The topological polar surface area (TPSA) is 43.4 Å². The van der Waals surface area contributed by atoms with Crippen molar-refractivity contribution in [1.29, 1.82) is 0 Å². The predicted octanol–water partition coefficient (Wildman–Crippen LogP) is 1.60. The zero-order valence-electron chi connectivity index (χ0n) is 7.92. The first-order valence-electron chi connectivity index (χ1n) is 4.15. The van der Waals surface area contributed by atoms with Crippen molar-refractivity contribution in [3.8, 4) is 0 Å². The molecule has 0 aliphatic heterocycles. The Morgan fingerprint density at radius 2 is 1.80 bits per heavy atom. The molecule has 0 radical (unpaired) electrons. The quantitative estimate of drug-likeness (QED) is 0.554. The Balaban J connectivity index is 2.80. The van der Waals surface area contributed by atoms with Crippen molar-refractivity contribution in [2.45, 2.75) is 13.3 Å². The fourth-order valence-electron chi connectivity index (χ4n) is 1.04. The van der Waals surface area contributed by atoms with Crippen LogP contribution in [0.1, 0.15) is 12.5 Å². The number of hydrogen-bond acceptors (Lipinski definition) is 3. The summed E-state index contributed by atoms with van der Waals surface area (Å²) in [6, 6.07) is 3.24. The number of rotatable bonds is 2. The minimum absolute atomic E-state index is 0.399. The summed E-state index contributed by atoms with van der Waals surface area (Å²) in [5.41, 5.74) is -0.399. The van der Waals surface area contributed by atoms with Crippen LogP contribution < -0.4 is 0 Å². The first-order chi connectivity index (χ1) is 7.00. The summed E-state index contributed by atoms with van der Waals surface area (Å²) in [6.45, 7) is 1.04. The molecule has 0 N–H and O–H groups in total. The minimum Gasteiger partial charge on any atom is -0.393 e. The van der Waals surface area contributed by atoms with Crippen molar-refractivity contribution < 1.29 is 23.1 Å². The summed E-state index contributed by atoms with van der Waals surface area (Å²) in [4.78, 5) is 21.3. The standard InChI is InChI=1S/C10H8F2O3/c1-6(13)15-10(14)5-7-8(11)3-2-4-9(7)12/h2-4H,5H2,1H3. The van der Waals surface area contributed by atoms with Crippen LogP contribution in [0.3, 0.4) is 0 Å². The molecule has 0 atom stereocenters. The number of halogens is 2. The predicted molar refractivity (Wildman–Crippen MR) is 46.8 cm³/mol. The van der Waals surface area contributed by atoms with Crippen LogP contribution >= 0.6 is 0 Å². The van der Waals surface area contributed by atoms with E-state index >= 15 is 0 Å². The van der Waals surface area contributed by atoms with Crippen molar-refractivity contribution in [2.75, 3.05) is 0 Å². The fraction of sp³-hybridized carbons (Fsp3) is 0.200. The Morgan fingerprint density at radius 3 is 2.27 bits per heavy atom. The SMILES string of the molecule is CC(=O)OC(=O)Cc1c(F)cccc1F. The maximum atomic E-state index is 13.0. The lowest BCUT2D eigenvalue weighted by Gasteiger charge is -2.03. The molecule has 80 valence electrons. The van der Waals surface area contributed by atoms with E-state index in [1.54, 1.807) is 0 Å². The molecule has 0 spiro atoms. The number of hydrogen-bond donors (Lipinski definition) is 0. The van der Waals surface area contributed by atoms with Crippen LogP contribution in [0.15, 0.2) is 18.2 Å². The second-order valence-corrected chi connectivity index (χ2v) is 2.84. The summed E-state index contributed by atoms with van der Waals surface area (Å²) < 4.78 is 30.2. The minimum atomic E-state index is -0.980. The molecule has 0 aliphatic rings. The Hall–Kier alpha value is -1.78. The van der Waals surface area contributed by atoms with Gasteiger partial charge in [0.1, 0.15) is 11.6 Å². The number of benzene rings is 1. The van der Waals surface area contributed by atoms with E-state index in [0.717, 1.165) is 19.1 Å². The summed E-state index contributed by atoms with van der Waals surface area (Å²) >= 11 is 0. The largest absolute Gasteiger partial charge is 0.393 e. The third-order valence-electron chi connectivity index (χ3n) is 1.64. The van der Waals surface area contributed by atoms with Crippen molar-refractivity contribution in [2.24, 2.45) is 0 Å². The van der Waals surface area contributed by atoms with Crippen molar-refractivity contribution in [3.05, 3.63) is 35.4 Å². The van der Waals surface area contributed by atoms with Crippen LogP contribution in [0, 0.1) is 11.6 Å². The van der Waals surface area contributed by atoms with E-state index in [1.807, 2.05) is 0 Å². The zero-order valence-corrected chi connectivity index (χ0v) is 7.92. The van der Waals surface area contributed by atoms with Gasteiger partial charge in [0.2, 0.25) is 0 Å². The lowest BCUT2D eigenvalue weighted by atomic mass is 10.1. The maximum Gasteiger partial charge on any atom is 0.318 e. The molecule has 3 nitrogen and oxygen atoms in total. The van der Waals surface area contributed by atoms with Crippen LogP contribution in [-0.4, -0.2) is 11.9 Å². The summed E-state index contributed by atoms with van der Waals surface area (Å²) in [5, 5.41) is 0. The molecule has 1 aromatic carbocycles. The van der Waals surface area contributed by atoms with Crippen LogP contribution in [0.4, 0.5) is 8.78 Å². The molecule has 0 fully saturated rings. The summed E-state index contributed by atoms with van der Waals surface area (Å²) in [6.07, 6.45) is -0.599. The van der Waals surface area contributed by atoms with Gasteiger partial charge in [0.05, 0.1) is 6.42 Å². The van der Waals surface area contributed by atoms with Crippen molar-refractivity contribution >= 4 is 11.9 Å². The molecule has 5 heteroatoms. The first kappa shape index (κ1) is 11.3. The fourth-order valence-corrected chi connectivity index (χ4v) is 1.04. The summed E-state index contributed by atoms with van der Waals surface area (Å²) in [5.74, 6) is -3.46. The Kier molecular flexibility index (Phi) is 3.49. The van der Waals surface area contributed by atoms with E-state index in [9.17, 15) is 18.4 Å². The molecule has 0 unspecified atom stereocenters.